The molecule has 1 unspecified atom stereocenters. The van der Waals surface area contributed by atoms with Crippen molar-refractivity contribution in [1.29, 1.82) is 0 Å². The fraction of sp³-hybridized carbons (Fsp3) is 0.100. The van der Waals surface area contributed by atoms with E-state index >= 15 is 0 Å². The molecule has 25 heavy (non-hydrogen) atoms. The number of nitrogens with two attached hydrogens (primary N) is 1. The highest BCUT2D eigenvalue weighted by Crippen LogP contribution is 2.28. The Labute approximate surface area is 148 Å². The summed E-state index contributed by atoms with van der Waals surface area (Å²) in [7, 11) is -3.67. The highest BCUT2D eigenvalue weighted by Gasteiger charge is 2.18. The average molecular weight is 352 g/mol. The summed E-state index contributed by atoms with van der Waals surface area (Å²) >= 11 is 0. The van der Waals surface area contributed by atoms with Crippen LogP contribution >= 0.6 is 0 Å². The number of aryl methyl sites for hydroxylation is 1. The van der Waals surface area contributed by atoms with Gasteiger partial charge in [-0.2, -0.15) is 0 Å². The van der Waals surface area contributed by atoms with E-state index in [1.54, 1.807) is 36.4 Å². The fourth-order valence-corrected chi connectivity index (χ4v) is 3.71. The van der Waals surface area contributed by atoms with Crippen molar-refractivity contribution in [3.63, 3.8) is 0 Å². The van der Waals surface area contributed by atoms with Crippen molar-refractivity contribution >= 4 is 15.7 Å². The molecule has 3 rings (SSSR count). The van der Waals surface area contributed by atoms with Gasteiger partial charge in [-0.15, -0.1) is 0 Å². The Kier molecular flexibility index (Phi) is 4.88. The number of nitrogens with one attached hydrogen (secondary N) is 1. The number of rotatable bonds is 5. The Morgan fingerprint density at radius 3 is 2.12 bits per heavy atom. The predicted octanol–water partition coefficient (Wildman–Crippen LogP) is 3.84. The molecule has 4 nitrogen and oxygen atoms in total. The molecule has 0 saturated heterocycles. The van der Waals surface area contributed by atoms with Crippen LogP contribution in [0.1, 0.15) is 22.7 Å². The van der Waals surface area contributed by atoms with Crippen LogP contribution in [0.2, 0.25) is 0 Å². The summed E-state index contributed by atoms with van der Waals surface area (Å²) in [5.74, 6) is 0. The second-order valence-electron chi connectivity index (χ2n) is 5.89. The Hall–Kier alpha value is -2.63. The Balaban J connectivity index is 1.95. The van der Waals surface area contributed by atoms with Gasteiger partial charge in [0, 0.05) is 0 Å². The van der Waals surface area contributed by atoms with E-state index in [2.05, 4.69) is 4.72 Å². The van der Waals surface area contributed by atoms with Crippen LogP contribution in [0.5, 0.6) is 0 Å². The monoisotopic (exact) mass is 352 g/mol. The molecule has 0 spiro atoms. The standard InChI is InChI=1S/C20H20N2O2S/c1-15-11-13-17(14-12-15)25(23,24)22-19-10-6-5-9-18(19)20(21)16-7-3-2-4-8-16/h2-14,20,22H,21H2,1H3. The maximum atomic E-state index is 12.7. The van der Waals surface area contributed by atoms with Crippen molar-refractivity contribution in [2.45, 2.75) is 17.9 Å². The molecule has 0 fully saturated rings. The second-order valence-corrected chi connectivity index (χ2v) is 7.58. The van der Waals surface area contributed by atoms with Gasteiger partial charge < -0.3 is 5.73 Å². The van der Waals surface area contributed by atoms with Crippen LogP contribution in [0.25, 0.3) is 0 Å². The number of benzene rings is 3. The lowest BCUT2D eigenvalue weighted by Crippen LogP contribution is -2.18. The maximum Gasteiger partial charge on any atom is 0.261 e. The van der Waals surface area contributed by atoms with E-state index in [0.717, 1.165) is 16.7 Å². The fourth-order valence-electron chi connectivity index (χ4n) is 2.62. The molecular weight excluding hydrogens is 332 g/mol. The zero-order chi connectivity index (χ0) is 17.9. The number of hydrogen-bond donors (Lipinski definition) is 2. The minimum absolute atomic E-state index is 0.223. The molecule has 3 aromatic carbocycles. The van der Waals surface area contributed by atoms with E-state index in [9.17, 15) is 8.42 Å². The van der Waals surface area contributed by atoms with Crippen LogP contribution in [-0.4, -0.2) is 8.42 Å². The second kappa shape index (κ2) is 7.09. The maximum absolute atomic E-state index is 12.7. The van der Waals surface area contributed by atoms with E-state index in [0.29, 0.717) is 5.69 Å². The minimum Gasteiger partial charge on any atom is -0.320 e. The Bertz CT molecular complexity index is 953. The molecule has 0 bridgehead atoms. The summed E-state index contributed by atoms with van der Waals surface area (Å²) in [5.41, 5.74) is 9.50. The summed E-state index contributed by atoms with van der Waals surface area (Å²) in [6.07, 6.45) is 0. The summed E-state index contributed by atoms with van der Waals surface area (Å²) in [6, 6.07) is 23.1. The zero-order valence-electron chi connectivity index (χ0n) is 13.9. The minimum atomic E-state index is -3.67. The Morgan fingerprint density at radius 2 is 1.44 bits per heavy atom. The van der Waals surface area contributed by atoms with Crippen LogP contribution in [0.4, 0.5) is 5.69 Å². The quantitative estimate of drug-likeness (QED) is 0.733. The van der Waals surface area contributed by atoms with Gasteiger partial charge in [0.15, 0.2) is 0 Å². The van der Waals surface area contributed by atoms with Crippen LogP contribution < -0.4 is 10.5 Å². The summed E-state index contributed by atoms with van der Waals surface area (Å²) < 4.78 is 28.0. The zero-order valence-corrected chi connectivity index (χ0v) is 14.7. The predicted molar refractivity (Wildman–Crippen MR) is 101 cm³/mol. The molecule has 1 atom stereocenters. The molecule has 128 valence electrons. The normalized spacial score (nSPS) is 12.6. The SMILES string of the molecule is Cc1ccc(S(=O)(=O)Nc2ccccc2C(N)c2ccccc2)cc1. The third kappa shape index (κ3) is 3.90. The van der Waals surface area contributed by atoms with Crippen LogP contribution in [0, 0.1) is 6.92 Å². The molecule has 0 heterocycles. The molecule has 0 aromatic heterocycles. The molecule has 0 aliphatic rings. The number of anilines is 1. The smallest absolute Gasteiger partial charge is 0.261 e. The van der Waals surface area contributed by atoms with Crippen LogP contribution in [-0.2, 0) is 10.0 Å². The highest BCUT2D eigenvalue weighted by atomic mass is 32.2. The summed E-state index contributed by atoms with van der Waals surface area (Å²) in [6.45, 7) is 1.91. The van der Waals surface area contributed by atoms with Gasteiger partial charge in [0.05, 0.1) is 16.6 Å². The number of hydrogen-bond acceptors (Lipinski definition) is 3. The average Bonchev–Trinajstić information content (AvgIpc) is 2.62. The van der Waals surface area contributed by atoms with Gasteiger partial charge >= 0.3 is 0 Å². The van der Waals surface area contributed by atoms with Gasteiger partial charge in [0.1, 0.15) is 0 Å². The number of para-hydroxylation sites is 1. The van der Waals surface area contributed by atoms with Crippen molar-refractivity contribution in [1.82, 2.24) is 0 Å². The van der Waals surface area contributed by atoms with Gasteiger partial charge in [-0.1, -0.05) is 66.2 Å². The Morgan fingerprint density at radius 1 is 0.840 bits per heavy atom. The van der Waals surface area contributed by atoms with E-state index in [-0.39, 0.29) is 4.90 Å². The molecular formula is C20H20N2O2S. The van der Waals surface area contributed by atoms with Crippen LogP contribution in [0.15, 0.2) is 83.8 Å². The van der Waals surface area contributed by atoms with Gasteiger partial charge in [-0.3, -0.25) is 4.72 Å². The van der Waals surface area contributed by atoms with Gasteiger partial charge in [-0.25, -0.2) is 8.42 Å². The van der Waals surface area contributed by atoms with E-state index in [1.165, 1.54) is 0 Å². The lowest BCUT2D eigenvalue weighted by atomic mass is 9.98. The first kappa shape index (κ1) is 17.2. The molecule has 5 heteroatoms. The lowest BCUT2D eigenvalue weighted by Gasteiger charge is -2.18. The van der Waals surface area contributed by atoms with Crippen molar-refractivity contribution < 1.29 is 8.42 Å². The summed E-state index contributed by atoms with van der Waals surface area (Å²) in [5, 5.41) is 0. The van der Waals surface area contributed by atoms with E-state index in [4.69, 9.17) is 5.73 Å². The molecule has 0 saturated carbocycles. The van der Waals surface area contributed by atoms with Crippen molar-refractivity contribution in [3.8, 4) is 0 Å². The molecule has 0 amide bonds. The van der Waals surface area contributed by atoms with Crippen molar-refractivity contribution in [3.05, 3.63) is 95.6 Å². The first-order chi connectivity index (χ1) is 12.0. The van der Waals surface area contributed by atoms with E-state index < -0.39 is 16.1 Å². The largest absolute Gasteiger partial charge is 0.320 e. The molecule has 0 aliphatic heterocycles. The third-order valence-corrected chi connectivity index (χ3v) is 5.41. The number of sulfonamides is 1. The topological polar surface area (TPSA) is 72.2 Å². The first-order valence-corrected chi connectivity index (χ1v) is 9.44. The van der Waals surface area contributed by atoms with Gasteiger partial charge in [0.2, 0.25) is 0 Å². The van der Waals surface area contributed by atoms with Crippen LogP contribution in [0.3, 0.4) is 0 Å². The summed E-state index contributed by atoms with van der Waals surface area (Å²) in [4.78, 5) is 0.223. The highest BCUT2D eigenvalue weighted by molar-refractivity contribution is 7.92. The molecule has 3 N–H and O–H groups in total. The van der Waals surface area contributed by atoms with Crippen molar-refractivity contribution in [2.75, 3.05) is 4.72 Å². The van der Waals surface area contributed by atoms with E-state index in [1.807, 2.05) is 49.4 Å². The molecule has 0 radical (unpaired) electrons. The third-order valence-electron chi connectivity index (χ3n) is 4.03. The first-order valence-electron chi connectivity index (χ1n) is 7.96. The molecule has 0 aliphatic carbocycles. The molecule has 3 aromatic rings. The van der Waals surface area contributed by atoms with Gasteiger partial charge in [0.25, 0.3) is 10.0 Å². The van der Waals surface area contributed by atoms with Crippen molar-refractivity contribution in [2.24, 2.45) is 5.73 Å². The van der Waals surface area contributed by atoms with Gasteiger partial charge in [-0.05, 0) is 36.2 Å². The lowest BCUT2D eigenvalue weighted by molar-refractivity contribution is 0.601.